The third-order valence-corrected chi connectivity index (χ3v) is 5.92. The number of anilines is 1. The monoisotopic (exact) mass is 475 g/mol. The predicted molar refractivity (Wildman–Crippen MR) is 126 cm³/mol. The first kappa shape index (κ1) is 22.6. The molecule has 1 N–H and O–H groups in total. The van der Waals surface area contributed by atoms with Gasteiger partial charge in [0.2, 0.25) is 5.89 Å². The van der Waals surface area contributed by atoms with Gasteiger partial charge >= 0.3 is 0 Å². The fourth-order valence-corrected chi connectivity index (χ4v) is 3.75. The maximum Gasteiger partial charge on any atom is 0.273 e. The quantitative estimate of drug-likeness (QED) is 0.497. The summed E-state index contributed by atoms with van der Waals surface area (Å²) in [6, 6.07) is 10.9. The number of hydrogen-bond donors (Lipinski definition) is 1. The molecule has 2 heterocycles. The maximum absolute atomic E-state index is 12.9. The average molecular weight is 476 g/mol. The van der Waals surface area contributed by atoms with Crippen LogP contribution in [0.15, 0.2) is 47.1 Å². The predicted octanol–water partition coefficient (Wildman–Crippen LogP) is 3.37. The van der Waals surface area contributed by atoms with E-state index >= 15 is 0 Å². The van der Waals surface area contributed by atoms with Crippen LogP contribution < -0.4 is 19.7 Å². The summed E-state index contributed by atoms with van der Waals surface area (Å²) in [4.78, 5) is 43.4. The molecule has 1 aromatic heterocycles. The zero-order valence-electron chi connectivity index (χ0n) is 19.5. The maximum atomic E-state index is 12.9. The van der Waals surface area contributed by atoms with Gasteiger partial charge in [0.1, 0.15) is 24.3 Å². The Kier molecular flexibility index (Phi) is 5.98. The molecule has 0 bridgehead atoms. The smallest absolute Gasteiger partial charge is 0.273 e. The summed E-state index contributed by atoms with van der Waals surface area (Å²) < 4.78 is 16.7. The highest BCUT2D eigenvalue weighted by molar-refractivity contribution is 6.02. The Labute approximate surface area is 202 Å². The van der Waals surface area contributed by atoms with Crippen molar-refractivity contribution in [1.82, 2.24) is 10.3 Å². The number of carbonyl (C=O) groups excluding carboxylic acids is 3. The number of carbonyl (C=O) groups is 3. The van der Waals surface area contributed by atoms with Gasteiger partial charge in [-0.1, -0.05) is 12.1 Å². The van der Waals surface area contributed by atoms with Crippen molar-refractivity contribution in [1.29, 1.82) is 0 Å². The van der Waals surface area contributed by atoms with Gasteiger partial charge in [-0.2, -0.15) is 0 Å². The molecule has 180 valence electrons. The number of oxazole rings is 1. The van der Waals surface area contributed by atoms with Gasteiger partial charge in [0.25, 0.3) is 11.8 Å². The van der Waals surface area contributed by atoms with Gasteiger partial charge in [-0.25, -0.2) is 4.98 Å². The Morgan fingerprint density at radius 2 is 2.00 bits per heavy atom. The van der Waals surface area contributed by atoms with E-state index in [2.05, 4.69) is 10.3 Å². The van der Waals surface area contributed by atoms with Crippen LogP contribution in [-0.2, 0) is 11.3 Å². The lowest BCUT2D eigenvalue weighted by Crippen LogP contribution is -2.38. The number of aryl methyl sites for hydroxylation is 2. The Bertz CT molecular complexity index is 1310. The summed E-state index contributed by atoms with van der Waals surface area (Å²) in [7, 11) is 0. The Hall–Kier alpha value is -4.14. The number of nitrogens with one attached hydrogen (secondary N) is 1. The lowest BCUT2D eigenvalue weighted by Gasteiger charge is -2.28. The van der Waals surface area contributed by atoms with Crippen LogP contribution >= 0.6 is 0 Å². The van der Waals surface area contributed by atoms with Crippen LogP contribution in [0.25, 0.3) is 0 Å². The minimum absolute atomic E-state index is 0.00251. The molecule has 9 nitrogen and oxygen atoms in total. The number of aromatic nitrogens is 1. The van der Waals surface area contributed by atoms with Crippen molar-refractivity contribution in [2.75, 3.05) is 18.1 Å². The molecule has 1 fully saturated rings. The van der Waals surface area contributed by atoms with E-state index in [4.69, 9.17) is 13.9 Å². The number of nitrogens with zero attached hydrogens (tertiary/aromatic N) is 2. The summed E-state index contributed by atoms with van der Waals surface area (Å²) in [5.41, 5.74) is 2.96. The lowest BCUT2D eigenvalue weighted by atomic mass is 10.1. The molecule has 2 amide bonds. The Morgan fingerprint density at radius 3 is 2.80 bits per heavy atom. The largest absolute Gasteiger partial charge is 0.485 e. The van der Waals surface area contributed by atoms with E-state index in [1.165, 1.54) is 11.2 Å². The SMILES string of the molecule is Cc1ccc(C)c(OCC(=O)c2ccc3c(c2)N(Cc2nc(C(=O)NC4CC4)co2)C(=O)CO3)c1. The molecular weight excluding hydrogens is 450 g/mol. The number of hydrogen-bond acceptors (Lipinski definition) is 7. The van der Waals surface area contributed by atoms with Crippen molar-refractivity contribution < 1.29 is 28.3 Å². The van der Waals surface area contributed by atoms with E-state index in [1.807, 2.05) is 32.0 Å². The van der Waals surface area contributed by atoms with Crippen molar-refractivity contribution in [2.24, 2.45) is 0 Å². The molecular formula is C26H25N3O6. The highest BCUT2D eigenvalue weighted by atomic mass is 16.5. The molecule has 0 atom stereocenters. The number of fused-ring (bicyclic) bond motifs is 1. The molecule has 2 aromatic carbocycles. The third-order valence-electron chi connectivity index (χ3n) is 5.92. The number of benzene rings is 2. The minimum atomic E-state index is -0.309. The van der Waals surface area contributed by atoms with Gasteiger partial charge in [-0.15, -0.1) is 0 Å². The molecule has 5 rings (SSSR count). The molecule has 0 radical (unpaired) electrons. The average Bonchev–Trinajstić information content (AvgIpc) is 3.54. The summed E-state index contributed by atoms with van der Waals surface area (Å²) in [5, 5.41) is 2.85. The summed E-state index contributed by atoms with van der Waals surface area (Å²) in [6.45, 7) is 3.59. The molecule has 9 heteroatoms. The van der Waals surface area contributed by atoms with E-state index in [0.717, 1.165) is 24.0 Å². The van der Waals surface area contributed by atoms with Crippen LogP contribution in [0.5, 0.6) is 11.5 Å². The first-order valence-corrected chi connectivity index (χ1v) is 11.4. The van der Waals surface area contributed by atoms with Gasteiger partial charge in [-0.05, 0) is 62.1 Å². The molecule has 1 aliphatic carbocycles. The number of amides is 2. The van der Waals surface area contributed by atoms with Crippen molar-refractivity contribution in [3.63, 3.8) is 0 Å². The first-order valence-electron chi connectivity index (χ1n) is 11.4. The second-order valence-electron chi connectivity index (χ2n) is 8.81. The highest BCUT2D eigenvalue weighted by Gasteiger charge is 2.29. The number of Topliss-reactive ketones (excluding diaryl/α,β-unsaturated/α-hetero) is 1. The Balaban J connectivity index is 1.31. The second kappa shape index (κ2) is 9.25. The van der Waals surface area contributed by atoms with E-state index in [9.17, 15) is 14.4 Å². The van der Waals surface area contributed by atoms with Crippen LogP contribution in [0.3, 0.4) is 0 Å². The van der Waals surface area contributed by atoms with Gasteiger partial charge < -0.3 is 19.2 Å². The third kappa shape index (κ3) is 5.03. The molecule has 3 aromatic rings. The minimum Gasteiger partial charge on any atom is -0.485 e. The fraction of sp³-hybridized carbons (Fsp3) is 0.308. The van der Waals surface area contributed by atoms with Gasteiger partial charge in [0.05, 0.1) is 5.69 Å². The number of ketones is 1. The van der Waals surface area contributed by atoms with Crippen molar-refractivity contribution in [3.05, 3.63) is 70.9 Å². The molecule has 1 aliphatic heterocycles. The van der Waals surface area contributed by atoms with E-state index in [-0.39, 0.29) is 55.0 Å². The van der Waals surface area contributed by atoms with Crippen LogP contribution in [0.1, 0.15) is 50.7 Å². The topological polar surface area (TPSA) is 111 Å². The summed E-state index contributed by atoms with van der Waals surface area (Å²) >= 11 is 0. The number of ether oxygens (including phenoxy) is 2. The van der Waals surface area contributed by atoms with Crippen molar-refractivity contribution in [2.45, 2.75) is 39.3 Å². The Morgan fingerprint density at radius 1 is 1.17 bits per heavy atom. The lowest BCUT2D eigenvalue weighted by molar-refractivity contribution is -0.121. The first-order chi connectivity index (χ1) is 16.9. The van der Waals surface area contributed by atoms with Gasteiger partial charge in [-0.3, -0.25) is 19.3 Å². The van der Waals surface area contributed by atoms with Crippen molar-refractivity contribution >= 4 is 23.3 Å². The standard InChI is InChI=1S/C26H25N3O6/c1-15-3-4-16(2)23(9-15)33-13-21(30)17-5-8-22-20(10-17)29(25(31)14-34-22)11-24-28-19(12-35-24)26(32)27-18-6-7-18/h3-5,8-10,12,18H,6-7,11,13-14H2,1-2H3,(H,27,32). The van der Waals surface area contributed by atoms with E-state index in [1.54, 1.807) is 18.2 Å². The highest BCUT2D eigenvalue weighted by Crippen LogP contribution is 2.34. The summed E-state index contributed by atoms with van der Waals surface area (Å²) in [5.74, 6) is 0.490. The van der Waals surface area contributed by atoms with Crippen LogP contribution in [0.2, 0.25) is 0 Å². The molecule has 2 aliphatic rings. The zero-order valence-corrected chi connectivity index (χ0v) is 19.5. The van der Waals surface area contributed by atoms with Crippen LogP contribution in [0, 0.1) is 13.8 Å². The second-order valence-corrected chi connectivity index (χ2v) is 8.81. The van der Waals surface area contributed by atoms with Crippen LogP contribution in [-0.4, -0.2) is 41.8 Å². The van der Waals surface area contributed by atoms with Gasteiger partial charge in [0.15, 0.2) is 24.7 Å². The molecule has 1 saturated carbocycles. The van der Waals surface area contributed by atoms with E-state index < -0.39 is 0 Å². The van der Waals surface area contributed by atoms with Crippen LogP contribution in [0.4, 0.5) is 5.69 Å². The molecule has 35 heavy (non-hydrogen) atoms. The molecule has 0 spiro atoms. The van der Waals surface area contributed by atoms with Gasteiger partial charge in [0, 0.05) is 11.6 Å². The molecule has 0 saturated heterocycles. The summed E-state index contributed by atoms with van der Waals surface area (Å²) in [6.07, 6.45) is 3.21. The van der Waals surface area contributed by atoms with E-state index in [0.29, 0.717) is 22.7 Å². The zero-order chi connectivity index (χ0) is 24.5. The van der Waals surface area contributed by atoms with Crippen molar-refractivity contribution in [3.8, 4) is 11.5 Å². The molecule has 0 unspecified atom stereocenters. The normalized spacial score (nSPS) is 14.8. The number of rotatable bonds is 8. The fourth-order valence-electron chi connectivity index (χ4n) is 3.75.